The van der Waals surface area contributed by atoms with Crippen molar-refractivity contribution in [3.8, 4) is 5.75 Å². The number of anilines is 1. The van der Waals surface area contributed by atoms with Crippen molar-refractivity contribution in [2.24, 2.45) is 5.92 Å². The number of ether oxygens (including phenoxy) is 2. The van der Waals surface area contributed by atoms with Crippen molar-refractivity contribution in [2.75, 3.05) is 18.6 Å². The van der Waals surface area contributed by atoms with E-state index in [0.29, 0.717) is 29.0 Å². The molecule has 3 aromatic rings. The van der Waals surface area contributed by atoms with Crippen LogP contribution < -0.4 is 9.64 Å². The summed E-state index contributed by atoms with van der Waals surface area (Å²) in [6.45, 7) is 1.33. The molecule has 1 fully saturated rings. The van der Waals surface area contributed by atoms with Crippen LogP contribution in [-0.2, 0) is 14.3 Å². The monoisotopic (exact) mass is 493 g/mol. The first-order valence-corrected chi connectivity index (χ1v) is 11.2. The topological polar surface area (TPSA) is 55.8 Å². The van der Waals surface area contributed by atoms with Crippen molar-refractivity contribution in [1.82, 2.24) is 0 Å². The molecule has 0 radical (unpaired) electrons. The summed E-state index contributed by atoms with van der Waals surface area (Å²) in [6.07, 6.45) is 2.23. The zero-order valence-corrected chi connectivity index (χ0v) is 19.4. The summed E-state index contributed by atoms with van der Waals surface area (Å²) >= 11 is 0. The highest BCUT2D eigenvalue weighted by Gasteiger charge is 2.48. The molecule has 1 aliphatic heterocycles. The average Bonchev–Trinajstić information content (AvgIpc) is 2.86. The second-order valence-electron chi connectivity index (χ2n) is 8.26. The van der Waals surface area contributed by atoms with Crippen LogP contribution in [0.25, 0.3) is 5.57 Å². The number of allylic oxidation sites excluding steroid dienone is 1. The van der Waals surface area contributed by atoms with Crippen LogP contribution in [0.5, 0.6) is 5.75 Å². The molecule has 0 aromatic heterocycles. The van der Waals surface area contributed by atoms with Crippen LogP contribution in [0.2, 0.25) is 0 Å². The van der Waals surface area contributed by atoms with Crippen LogP contribution in [0.4, 0.5) is 14.5 Å². The number of rotatable bonds is 8. The molecule has 1 amide bonds. The van der Waals surface area contributed by atoms with Crippen LogP contribution in [0.15, 0.2) is 78.9 Å². The van der Waals surface area contributed by atoms with Crippen molar-refractivity contribution in [3.63, 3.8) is 0 Å². The number of carbonyl (C=O) groups is 2. The number of carbonyl (C=O) groups excluding carboxylic acids is 2. The number of amides is 1. The van der Waals surface area contributed by atoms with Gasteiger partial charge in [-0.25, -0.2) is 8.78 Å². The summed E-state index contributed by atoms with van der Waals surface area (Å²) in [5, 5.41) is 0. The number of β-lactam (4-membered cyclic amide) rings is 1. The Morgan fingerprint density at radius 1 is 0.944 bits per heavy atom. The Balaban J connectivity index is 0.00000361. The lowest BCUT2D eigenvalue weighted by atomic mass is 9.79. The normalized spacial score (nSPS) is 17.2. The SMILES string of the molecule is C.COc1ccc([C@@H]2[C@@H](C/C=C(/COC(C)=O)c3ccc(F)cc3)C(=O)N2c2ccc(F)cc2)cc1. The third kappa shape index (κ3) is 5.79. The van der Waals surface area contributed by atoms with Crippen molar-refractivity contribution >= 4 is 23.1 Å². The molecule has 0 spiro atoms. The van der Waals surface area contributed by atoms with Gasteiger partial charge in [0.25, 0.3) is 0 Å². The van der Waals surface area contributed by atoms with Crippen molar-refractivity contribution in [2.45, 2.75) is 26.8 Å². The van der Waals surface area contributed by atoms with Gasteiger partial charge in [-0.1, -0.05) is 37.8 Å². The number of hydrogen-bond donors (Lipinski definition) is 0. The largest absolute Gasteiger partial charge is 0.497 e. The molecule has 188 valence electrons. The Bertz CT molecular complexity index is 1220. The first kappa shape index (κ1) is 26.6. The van der Waals surface area contributed by atoms with Crippen LogP contribution in [0.3, 0.4) is 0 Å². The Labute approximate surface area is 210 Å². The zero-order valence-electron chi connectivity index (χ0n) is 19.4. The molecule has 0 aliphatic carbocycles. The maximum Gasteiger partial charge on any atom is 0.302 e. The molecule has 7 heteroatoms. The molecule has 5 nitrogen and oxygen atoms in total. The lowest BCUT2D eigenvalue weighted by molar-refractivity contribution is -0.139. The molecule has 0 N–H and O–H groups in total. The highest BCUT2D eigenvalue weighted by atomic mass is 19.1. The predicted octanol–water partition coefficient (Wildman–Crippen LogP) is 6.35. The minimum Gasteiger partial charge on any atom is -0.497 e. The fourth-order valence-electron chi connectivity index (χ4n) is 4.22. The minimum atomic E-state index is -0.434. The number of methoxy groups -OCH3 is 1. The second-order valence-corrected chi connectivity index (χ2v) is 8.26. The molecule has 2 atom stereocenters. The van der Waals surface area contributed by atoms with Gasteiger partial charge in [-0.05, 0) is 71.7 Å². The van der Waals surface area contributed by atoms with Crippen molar-refractivity contribution in [1.29, 1.82) is 0 Å². The molecule has 1 saturated heterocycles. The molecule has 4 rings (SSSR count). The van der Waals surface area contributed by atoms with E-state index < -0.39 is 5.97 Å². The third-order valence-corrected chi connectivity index (χ3v) is 6.04. The minimum absolute atomic E-state index is 0. The van der Waals surface area contributed by atoms with Crippen molar-refractivity contribution < 1.29 is 27.8 Å². The summed E-state index contributed by atoms with van der Waals surface area (Å²) in [5.41, 5.74) is 2.91. The summed E-state index contributed by atoms with van der Waals surface area (Å²) in [4.78, 5) is 26.3. The molecule has 0 bridgehead atoms. The summed E-state index contributed by atoms with van der Waals surface area (Å²) < 4.78 is 37.4. The number of nitrogens with zero attached hydrogens (tertiary/aromatic N) is 1. The molecule has 36 heavy (non-hydrogen) atoms. The van der Waals surface area contributed by atoms with E-state index in [1.54, 1.807) is 36.3 Å². The van der Waals surface area contributed by atoms with E-state index in [-0.39, 0.29) is 43.5 Å². The van der Waals surface area contributed by atoms with Gasteiger partial charge in [-0.2, -0.15) is 0 Å². The molecule has 0 saturated carbocycles. The van der Waals surface area contributed by atoms with Crippen LogP contribution >= 0.6 is 0 Å². The lowest BCUT2D eigenvalue weighted by Crippen LogP contribution is -2.55. The fourth-order valence-corrected chi connectivity index (χ4v) is 4.22. The van der Waals surface area contributed by atoms with Gasteiger partial charge in [0, 0.05) is 12.6 Å². The lowest BCUT2D eigenvalue weighted by Gasteiger charge is -2.47. The number of esters is 1. The standard InChI is InChI=1S/C28H25F2NO4.CH4/c1-18(32)35-17-21(19-3-8-22(29)9-4-19)7-16-26-27(20-5-14-25(34-2)15-6-20)31(28(26)33)24-12-10-23(30)11-13-24;/h3-15,26-27H,16-17H2,1-2H3;1H4/b21-7-;/t26-,27-;/m1./s1. The number of halogens is 2. The summed E-state index contributed by atoms with van der Waals surface area (Å²) in [7, 11) is 1.58. The highest BCUT2D eigenvalue weighted by Crippen LogP contribution is 2.45. The molecule has 1 heterocycles. The highest BCUT2D eigenvalue weighted by molar-refractivity contribution is 6.03. The van der Waals surface area contributed by atoms with Gasteiger partial charge in [0.2, 0.25) is 5.91 Å². The second kappa shape index (κ2) is 11.6. The van der Waals surface area contributed by atoms with Crippen LogP contribution in [0, 0.1) is 17.6 Å². The Morgan fingerprint density at radius 3 is 2.08 bits per heavy atom. The van der Waals surface area contributed by atoms with E-state index in [0.717, 1.165) is 5.56 Å². The zero-order chi connectivity index (χ0) is 24.9. The van der Waals surface area contributed by atoms with Crippen molar-refractivity contribution in [3.05, 3.63) is 102 Å². The summed E-state index contributed by atoms with van der Waals surface area (Å²) in [6, 6.07) is 18.9. The van der Waals surface area contributed by atoms with Gasteiger partial charge in [0.05, 0.1) is 19.1 Å². The molecular weight excluding hydrogens is 464 g/mol. The first-order valence-electron chi connectivity index (χ1n) is 11.2. The Hall–Kier alpha value is -4.00. The van der Waals surface area contributed by atoms with Gasteiger partial charge in [0.15, 0.2) is 0 Å². The van der Waals surface area contributed by atoms with E-state index in [1.807, 2.05) is 30.3 Å². The maximum absolute atomic E-state index is 13.5. The molecule has 0 unspecified atom stereocenters. The number of benzene rings is 3. The van der Waals surface area contributed by atoms with Gasteiger partial charge in [-0.3, -0.25) is 9.59 Å². The number of hydrogen-bond acceptors (Lipinski definition) is 4. The molecule has 1 aliphatic rings. The van der Waals surface area contributed by atoms with Crippen LogP contribution in [-0.4, -0.2) is 25.6 Å². The molecule has 3 aromatic carbocycles. The quantitative estimate of drug-likeness (QED) is 0.271. The Morgan fingerprint density at radius 2 is 1.53 bits per heavy atom. The Kier molecular flexibility index (Phi) is 8.59. The summed E-state index contributed by atoms with van der Waals surface area (Å²) in [5.74, 6) is -0.970. The smallest absolute Gasteiger partial charge is 0.302 e. The van der Waals surface area contributed by atoms with E-state index in [9.17, 15) is 18.4 Å². The van der Waals surface area contributed by atoms with E-state index in [1.165, 1.54) is 31.2 Å². The van der Waals surface area contributed by atoms with E-state index in [2.05, 4.69) is 0 Å². The average molecular weight is 494 g/mol. The molecular formula is C29H29F2NO4. The first-order chi connectivity index (χ1) is 16.9. The maximum atomic E-state index is 13.5. The van der Waals surface area contributed by atoms with E-state index in [4.69, 9.17) is 9.47 Å². The van der Waals surface area contributed by atoms with Gasteiger partial charge in [0.1, 0.15) is 24.0 Å². The fraction of sp³-hybridized carbons (Fsp3) is 0.241. The van der Waals surface area contributed by atoms with Gasteiger partial charge < -0.3 is 14.4 Å². The van der Waals surface area contributed by atoms with E-state index >= 15 is 0 Å². The predicted molar refractivity (Wildman–Crippen MR) is 135 cm³/mol. The van der Waals surface area contributed by atoms with Gasteiger partial charge in [-0.15, -0.1) is 0 Å². The van der Waals surface area contributed by atoms with Crippen LogP contribution in [0.1, 0.15) is 37.9 Å². The third-order valence-electron chi connectivity index (χ3n) is 6.04. The van der Waals surface area contributed by atoms with Gasteiger partial charge >= 0.3 is 5.97 Å².